The Morgan fingerprint density at radius 3 is 2.50 bits per heavy atom. The minimum absolute atomic E-state index is 0.256. The van der Waals surface area contributed by atoms with Crippen LogP contribution in [0.1, 0.15) is 21.6 Å². The molecule has 0 aliphatic heterocycles. The van der Waals surface area contributed by atoms with Gasteiger partial charge in [0.15, 0.2) is 11.4 Å². The SMILES string of the molecule is O=C(NCCc1ccc(Cl)cc1)c1nn(-c2ccccc2C(F)(F)F)cc1O. The van der Waals surface area contributed by atoms with Crippen molar-refractivity contribution in [2.45, 2.75) is 12.6 Å². The summed E-state index contributed by atoms with van der Waals surface area (Å²) in [5.41, 5.74) is -0.621. The normalized spacial score (nSPS) is 11.4. The molecule has 1 amide bonds. The van der Waals surface area contributed by atoms with E-state index in [0.29, 0.717) is 11.4 Å². The molecule has 0 atom stereocenters. The largest absolute Gasteiger partial charge is 0.504 e. The Kier molecular flexibility index (Phi) is 5.60. The summed E-state index contributed by atoms with van der Waals surface area (Å²) in [6.45, 7) is 0.256. The number of para-hydroxylation sites is 1. The van der Waals surface area contributed by atoms with E-state index in [9.17, 15) is 23.1 Å². The van der Waals surface area contributed by atoms with E-state index < -0.39 is 23.4 Å². The minimum Gasteiger partial charge on any atom is -0.504 e. The average Bonchev–Trinajstić information content (AvgIpc) is 3.04. The molecule has 0 fully saturated rings. The van der Waals surface area contributed by atoms with Crippen LogP contribution in [0.4, 0.5) is 13.2 Å². The van der Waals surface area contributed by atoms with Crippen LogP contribution in [0.2, 0.25) is 5.02 Å². The number of aromatic nitrogens is 2. The Bertz CT molecular complexity index is 985. The summed E-state index contributed by atoms with van der Waals surface area (Å²) in [5.74, 6) is -1.20. The standard InChI is InChI=1S/C19H15ClF3N3O2/c20-13-7-5-12(6-8-13)9-10-24-18(28)17-16(27)11-26(25-17)15-4-2-1-3-14(15)19(21,22)23/h1-8,11,27H,9-10H2,(H,24,28). The van der Waals surface area contributed by atoms with Crippen molar-refractivity contribution in [1.82, 2.24) is 15.1 Å². The number of hydrogen-bond donors (Lipinski definition) is 2. The zero-order valence-corrected chi connectivity index (χ0v) is 15.1. The van der Waals surface area contributed by atoms with Gasteiger partial charge in [0.25, 0.3) is 5.91 Å². The zero-order chi connectivity index (χ0) is 20.3. The van der Waals surface area contributed by atoms with E-state index in [-0.39, 0.29) is 17.9 Å². The van der Waals surface area contributed by atoms with E-state index in [0.717, 1.165) is 22.5 Å². The highest BCUT2D eigenvalue weighted by Crippen LogP contribution is 2.34. The number of carbonyl (C=O) groups is 1. The van der Waals surface area contributed by atoms with Crippen molar-refractivity contribution in [1.29, 1.82) is 0 Å². The highest BCUT2D eigenvalue weighted by Gasteiger charge is 2.34. The lowest BCUT2D eigenvalue weighted by atomic mass is 10.1. The Labute approximate surface area is 163 Å². The second-order valence-electron chi connectivity index (χ2n) is 5.95. The Balaban J connectivity index is 1.74. The van der Waals surface area contributed by atoms with E-state index in [4.69, 9.17) is 11.6 Å². The number of hydrogen-bond acceptors (Lipinski definition) is 3. The lowest BCUT2D eigenvalue weighted by Gasteiger charge is -2.12. The Hall–Kier alpha value is -3.00. The Morgan fingerprint density at radius 1 is 1.14 bits per heavy atom. The molecule has 0 saturated heterocycles. The van der Waals surface area contributed by atoms with Crippen LogP contribution in [-0.4, -0.2) is 27.3 Å². The number of amides is 1. The van der Waals surface area contributed by atoms with Crippen LogP contribution >= 0.6 is 11.6 Å². The number of benzene rings is 2. The van der Waals surface area contributed by atoms with Crippen molar-refractivity contribution in [2.24, 2.45) is 0 Å². The third-order valence-electron chi connectivity index (χ3n) is 3.98. The topological polar surface area (TPSA) is 67.2 Å². The molecule has 146 valence electrons. The van der Waals surface area contributed by atoms with E-state index in [1.807, 2.05) is 12.1 Å². The molecule has 1 aromatic heterocycles. The van der Waals surface area contributed by atoms with Gasteiger partial charge < -0.3 is 10.4 Å². The zero-order valence-electron chi connectivity index (χ0n) is 14.4. The van der Waals surface area contributed by atoms with Gasteiger partial charge in [-0.15, -0.1) is 0 Å². The molecule has 0 bridgehead atoms. The van der Waals surface area contributed by atoms with Gasteiger partial charge in [-0.05, 0) is 36.2 Å². The summed E-state index contributed by atoms with van der Waals surface area (Å²) in [7, 11) is 0. The van der Waals surface area contributed by atoms with Crippen molar-refractivity contribution in [3.05, 3.63) is 76.6 Å². The van der Waals surface area contributed by atoms with Crippen molar-refractivity contribution in [2.75, 3.05) is 6.54 Å². The molecule has 0 unspecified atom stereocenters. The summed E-state index contributed by atoms with van der Waals surface area (Å²) in [5, 5.41) is 17.0. The van der Waals surface area contributed by atoms with Gasteiger partial charge in [-0.3, -0.25) is 4.79 Å². The van der Waals surface area contributed by atoms with Gasteiger partial charge in [-0.25, -0.2) is 4.68 Å². The van der Waals surface area contributed by atoms with Crippen LogP contribution in [0.15, 0.2) is 54.7 Å². The maximum absolute atomic E-state index is 13.2. The van der Waals surface area contributed by atoms with Crippen LogP contribution in [0.3, 0.4) is 0 Å². The predicted octanol–water partition coefficient (Wildman–Crippen LogP) is 4.22. The van der Waals surface area contributed by atoms with Crippen LogP contribution in [0.5, 0.6) is 5.75 Å². The summed E-state index contributed by atoms with van der Waals surface area (Å²) in [4.78, 5) is 12.2. The van der Waals surface area contributed by atoms with Crippen LogP contribution < -0.4 is 5.32 Å². The van der Waals surface area contributed by atoms with Gasteiger partial charge in [-0.2, -0.15) is 18.3 Å². The highest BCUT2D eigenvalue weighted by molar-refractivity contribution is 6.30. The number of aromatic hydroxyl groups is 1. The first-order chi connectivity index (χ1) is 13.3. The first-order valence-electron chi connectivity index (χ1n) is 8.23. The predicted molar refractivity (Wildman–Crippen MR) is 97.7 cm³/mol. The van der Waals surface area contributed by atoms with Gasteiger partial charge >= 0.3 is 6.18 Å². The molecule has 0 radical (unpaired) electrons. The maximum Gasteiger partial charge on any atom is 0.418 e. The van der Waals surface area contributed by atoms with Crippen molar-refractivity contribution >= 4 is 17.5 Å². The summed E-state index contributed by atoms with van der Waals surface area (Å²) in [6.07, 6.45) is -3.11. The van der Waals surface area contributed by atoms with Gasteiger partial charge in [0.05, 0.1) is 17.4 Å². The van der Waals surface area contributed by atoms with Crippen LogP contribution in [0.25, 0.3) is 5.69 Å². The fourth-order valence-electron chi connectivity index (χ4n) is 2.62. The van der Waals surface area contributed by atoms with E-state index in [2.05, 4.69) is 10.4 Å². The average molecular weight is 410 g/mol. The molecule has 3 rings (SSSR count). The quantitative estimate of drug-likeness (QED) is 0.663. The smallest absolute Gasteiger partial charge is 0.418 e. The molecule has 0 aliphatic rings. The molecule has 2 N–H and O–H groups in total. The van der Waals surface area contributed by atoms with Crippen LogP contribution in [-0.2, 0) is 12.6 Å². The van der Waals surface area contributed by atoms with Crippen molar-refractivity contribution in [3.8, 4) is 11.4 Å². The molecule has 2 aromatic carbocycles. The van der Waals surface area contributed by atoms with Crippen molar-refractivity contribution in [3.63, 3.8) is 0 Å². The molecule has 3 aromatic rings. The molecule has 9 heteroatoms. The minimum atomic E-state index is -4.60. The molecule has 5 nitrogen and oxygen atoms in total. The molecule has 0 saturated carbocycles. The second kappa shape index (κ2) is 7.93. The number of alkyl halides is 3. The van der Waals surface area contributed by atoms with Crippen molar-refractivity contribution < 1.29 is 23.1 Å². The molecule has 1 heterocycles. The molecule has 0 aliphatic carbocycles. The fraction of sp³-hybridized carbons (Fsp3) is 0.158. The van der Waals surface area contributed by atoms with Gasteiger partial charge in [0.2, 0.25) is 0 Å². The van der Waals surface area contributed by atoms with Gasteiger partial charge in [0.1, 0.15) is 0 Å². The number of rotatable bonds is 5. The lowest BCUT2D eigenvalue weighted by molar-refractivity contribution is -0.137. The van der Waals surface area contributed by atoms with E-state index in [1.165, 1.54) is 18.2 Å². The summed E-state index contributed by atoms with van der Waals surface area (Å²) in [6, 6.07) is 11.9. The highest BCUT2D eigenvalue weighted by atomic mass is 35.5. The fourth-order valence-corrected chi connectivity index (χ4v) is 2.74. The van der Waals surface area contributed by atoms with Gasteiger partial charge in [0, 0.05) is 11.6 Å². The number of halogens is 4. The summed E-state index contributed by atoms with van der Waals surface area (Å²) >= 11 is 5.81. The van der Waals surface area contributed by atoms with Crippen LogP contribution in [0, 0.1) is 0 Å². The summed E-state index contributed by atoms with van der Waals surface area (Å²) < 4.78 is 40.3. The van der Waals surface area contributed by atoms with Gasteiger partial charge in [-0.1, -0.05) is 35.9 Å². The molecule has 28 heavy (non-hydrogen) atoms. The Morgan fingerprint density at radius 2 is 1.82 bits per heavy atom. The monoisotopic (exact) mass is 409 g/mol. The van der Waals surface area contributed by atoms with E-state index in [1.54, 1.807) is 12.1 Å². The third-order valence-corrected chi connectivity index (χ3v) is 4.23. The maximum atomic E-state index is 13.2. The second-order valence-corrected chi connectivity index (χ2v) is 6.39. The molecular weight excluding hydrogens is 395 g/mol. The number of nitrogens with one attached hydrogen (secondary N) is 1. The number of nitrogens with zero attached hydrogens (tertiary/aromatic N) is 2. The number of carbonyl (C=O) groups excluding carboxylic acids is 1. The first kappa shape index (κ1) is 19.8. The first-order valence-corrected chi connectivity index (χ1v) is 8.61. The third kappa shape index (κ3) is 4.45. The van der Waals surface area contributed by atoms with E-state index >= 15 is 0 Å². The molecule has 0 spiro atoms. The molecular formula is C19H15ClF3N3O2. The lowest BCUT2D eigenvalue weighted by Crippen LogP contribution is -2.26.